The minimum atomic E-state index is -0.417. The van der Waals surface area contributed by atoms with E-state index in [4.69, 9.17) is 9.47 Å². The summed E-state index contributed by atoms with van der Waals surface area (Å²) in [5.41, 5.74) is 1.12. The molecule has 0 spiro atoms. The summed E-state index contributed by atoms with van der Waals surface area (Å²) in [6, 6.07) is 5.76. The van der Waals surface area contributed by atoms with Gasteiger partial charge in [0.15, 0.2) is 11.5 Å². The number of ether oxygens (including phenoxy) is 2. The van der Waals surface area contributed by atoms with Gasteiger partial charge in [-0.2, -0.15) is 0 Å². The highest BCUT2D eigenvalue weighted by molar-refractivity contribution is 5.95. The number of nitrogens with one attached hydrogen (secondary N) is 2. The first-order valence-electron chi connectivity index (χ1n) is 9.88. The second-order valence-corrected chi connectivity index (χ2v) is 7.04. The first-order chi connectivity index (χ1) is 13.2. The van der Waals surface area contributed by atoms with Crippen molar-refractivity contribution in [1.82, 2.24) is 15.5 Å². The normalized spacial score (nSPS) is 19.4. The Morgan fingerprint density at radius 2 is 2.00 bits per heavy atom. The number of amides is 3. The molecule has 2 aliphatic rings. The van der Waals surface area contributed by atoms with Gasteiger partial charge in [-0.1, -0.05) is 19.4 Å². The molecule has 27 heavy (non-hydrogen) atoms. The van der Waals surface area contributed by atoms with Crippen LogP contribution in [0.1, 0.15) is 50.6 Å². The average Bonchev–Trinajstić information content (AvgIpc) is 2.97. The summed E-state index contributed by atoms with van der Waals surface area (Å²) in [7, 11) is 0. The lowest BCUT2D eigenvalue weighted by Gasteiger charge is -2.24. The van der Waals surface area contributed by atoms with Gasteiger partial charge < -0.3 is 14.8 Å². The van der Waals surface area contributed by atoms with Gasteiger partial charge in [0, 0.05) is 19.0 Å². The van der Waals surface area contributed by atoms with Gasteiger partial charge in [-0.25, -0.2) is 4.79 Å². The molecule has 0 bridgehead atoms. The van der Waals surface area contributed by atoms with Gasteiger partial charge in [-0.3, -0.25) is 15.0 Å². The molecule has 3 amide bonds. The van der Waals surface area contributed by atoms with Crippen LogP contribution in [0, 0.1) is 0 Å². The molecular weight excluding hydrogens is 346 g/mol. The maximum atomic E-state index is 12.2. The van der Waals surface area contributed by atoms with Crippen LogP contribution in [-0.2, 0) is 4.79 Å². The SMILES string of the molecule is CCCCNC(=O)NC(=O)CN1CCC[C@@H]1c1ccc2c(c1)OCCCO2. The molecule has 0 aliphatic carbocycles. The van der Waals surface area contributed by atoms with E-state index in [0.717, 1.165) is 55.7 Å². The number of carbonyl (C=O) groups is 2. The van der Waals surface area contributed by atoms with Gasteiger partial charge in [0.25, 0.3) is 0 Å². The molecule has 1 saturated heterocycles. The van der Waals surface area contributed by atoms with Gasteiger partial charge in [-0.05, 0) is 43.5 Å². The summed E-state index contributed by atoms with van der Waals surface area (Å²) in [4.78, 5) is 26.1. The lowest BCUT2D eigenvalue weighted by atomic mass is 10.0. The molecule has 0 unspecified atom stereocenters. The Hall–Kier alpha value is -2.28. The molecule has 0 saturated carbocycles. The smallest absolute Gasteiger partial charge is 0.321 e. The summed E-state index contributed by atoms with van der Waals surface area (Å²) in [6.45, 7) is 5.00. The van der Waals surface area contributed by atoms with Crippen molar-refractivity contribution >= 4 is 11.9 Å². The Morgan fingerprint density at radius 3 is 2.81 bits per heavy atom. The molecule has 7 heteroatoms. The van der Waals surface area contributed by atoms with Gasteiger partial charge in [-0.15, -0.1) is 0 Å². The summed E-state index contributed by atoms with van der Waals surface area (Å²) >= 11 is 0. The van der Waals surface area contributed by atoms with Crippen LogP contribution in [0.15, 0.2) is 18.2 Å². The predicted molar refractivity (Wildman–Crippen MR) is 102 cm³/mol. The van der Waals surface area contributed by atoms with Crippen LogP contribution < -0.4 is 20.1 Å². The zero-order chi connectivity index (χ0) is 19.1. The molecule has 0 radical (unpaired) electrons. The highest BCUT2D eigenvalue weighted by Gasteiger charge is 2.29. The molecule has 2 N–H and O–H groups in total. The van der Waals surface area contributed by atoms with Crippen molar-refractivity contribution in [2.45, 2.75) is 45.1 Å². The Morgan fingerprint density at radius 1 is 1.19 bits per heavy atom. The van der Waals surface area contributed by atoms with E-state index in [1.807, 2.05) is 18.2 Å². The number of unbranched alkanes of at least 4 members (excludes halogenated alkanes) is 1. The van der Waals surface area contributed by atoms with Gasteiger partial charge in [0.2, 0.25) is 5.91 Å². The second kappa shape index (κ2) is 9.60. The molecule has 2 heterocycles. The van der Waals surface area contributed by atoms with Crippen LogP contribution >= 0.6 is 0 Å². The fourth-order valence-electron chi connectivity index (χ4n) is 3.55. The minimum Gasteiger partial charge on any atom is -0.490 e. The molecule has 1 aromatic rings. The lowest BCUT2D eigenvalue weighted by Crippen LogP contribution is -2.44. The highest BCUT2D eigenvalue weighted by Crippen LogP contribution is 2.37. The van der Waals surface area contributed by atoms with Crippen LogP contribution in [0.3, 0.4) is 0 Å². The maximum Gasteiger partial charge on any atom is 0.321 e. The molecule has 1 fully saturated rings. The van der Waals surface area contributed by atoms with Crippen molar-refractivity contribution in [1.29, 1.82) is 0 Å². The first-order valence-corrected chi connectivity index (χ1v) is 9.88. The van der Waals surface area contributed by atoms with Crippen molar-refractivity contribution in [2.75, 3.05) is 32.8 Å². The van der Waals surface area contributed by atoms with Gasteiger partial charge >= 0.3 is 6.03 Å². The Balaban J connectivity index is 1.58. The summed E-state index contributed by atoms with van der Waals surface area (Å²) in [5.74, 6) is 1.28. The topological polar surface area (TPSA) is 79.9 Å². The van der Waals surface area contributed by atoms with Crippen molar-refractivity contribution < 1.29 is 19.1 Å². The maximum absolute atomic E-state index is 12.2. The van der Waals surface area contributed by atoms with E-state index in [-0.39, 0.29) is 18.5 Å². The summed E-state index contributed by atoms with van der Waals surface area (Å²) in [6.07, 6.45) is 4.78. The quantitative estimate of drug-likeness (QED) is 0.747. The number of hydrogen-bond donors (Lipinski definition) is 2. The van der Waals surface area contributed by atoms with Crippen LogP contribution in [0.25, 0.3) is 0 Å². The third-order valence-electron chi connectivity index (χ3n) is 4.94. The molecule has 0 aromatic heterocycles. The van der Waals surface area contributed by atoms with Crippen molar-refractivity contribution in [3.05, 3.63) is 23.8 Å². The molecule has 7 nitrogen and oxygen atoms in total. The number of rotatable bonds is 6. The number of benzene rings is 1. The van der Waals surface area contributed by atoms with Gasteiger partial charge in [0.05, 0.1) is 19.8 Å². The van der Waals surface area contributed by atoms with E-state index in [1.54, 1.807) is 0 Å². The van der Waals surface area contributed by atoms with Crippen molar-refractivity contribution in [3.63, 3.8) is 0 Å². The van der Waals surface area contributed by atoms with E-state index < -0.39 is 6.03 Å². The summed E-state index contributed by atoms with van der Waals surface area (Å²) in [5, 5.41) is 5.12. The Labute approximate surface area is 160 Å². The van der Waals surface area contributed by atoms with E-state index >= 15 is 0 Å². The van der Waals surface area contributed by atoms with Crippen LogP contribution in [0.2, 0.25) is 0 Å². The number of hydrogen-bond acceptors (Lipinski definition) is 5. The Kier molecular flexibility index (Phi) is 6.92. The molecule has 1 atom stereocenters. The van der Waals surface area contributed by atoms with Crippen molar-refractivity contribution in [3.8, 4) is 11.5 Å². The number of imide groups is 1. The van der Waals surface area contributed by atoms with Crippen LogP contribution in [0.5, 0.6) is 11.5 Å². The first kappa shape index (κ1) is 19.5. The van der Waals surface area contributed by atoms with E-state index in [2.05, 4.69) is 22.5 Å². The largest absolute Gasteiger partial charge is 0.490 e. The fraction of sp³-hybridized carbons (Fsp3) is 0.600. The number of likely N-dealkylation sites (tertiary alicyclic amines) is 1. The average molecular weight is 375 g/mol. The molecule has 1 aromatic carbocycles. The zero-order valence-corrected chi connectivity index (χ0v) is 16.0. The number of carbonyl (C=O) groups excluding carboxylic acids is 2. The Bertz CT molecular complexity index is 665. The van der Waals surface area contributed by atoms with E-state index in [9.17, 15) is 9.59 Å². The summed E-state index contributed by atoms with van der Waals surface area (Å²) < 4.78 is 11.5. The lowest BCUT2D eigenvalue weighted by molar-refractivity contribution is -0.121. The van der Waals surface area contributed by atoms with Crippen molar-refractivity contribution in [2.24, 2.45) is 0 Å². The highest BCUT2D eigenvalue weighted by atomic mass is 16.5. The molecular formula is C20H29N3O4. The second-order valence-electron chi connectivity index (χ2n) is 7.04. The molecule has 148 valence electrons. The number of urea groups is 1. The molecule has 2 aliphatic heterocycles. The van der Waals surface area contributed by atoms with Crippen LogP contribution in [-0.4, -0.2) is 49.7 Å². The number of fused-ring (bicyclic) bond motifs is 1. The monoisotopic (exact) mass is 375 g/mol. The zero-order valence-electron chi connectivity index (χ0n) is 16.0. The predicted octanol–water partition coefficient (Wildman–Crippen LogP) is 2.61. The minimum absolute atomic E-state index is 0.149. The molecule has 3 rings (SSSR count). The third kappa shape index (κ3) is 5.35. The van der Waals surface area contributed by atoms with E-state index in [1.165, 1.54) is 0 Å². The fourth-order valence-corrected chi connectivity index (χ4v) is 3.55. The number of nitrogens with zero attached hydrogens (tertiary/aromatic N) is 1. The van der Waals surface area contributed by atoms with Gasteiger partial charge in [0.1, 0.15) is 0 Å². The van der Waals surface area contributed by atoms with Crippen LogP contribution in [0.4, 0.5) is 4.79 Å². The standard InChI is InChI=1S/C20H29N3O4/c1-2-3-9-21-20(25)22-19(24)14-23-10-4-6-16(23)15-7-8-17-18(13-15)27-12-5-11-26-17/h7-8,13,16H,2-6,9-12,14H2,1H3,(H2,21,22,24,25)/t16-/m1/s1. The third-order valence-corrected chi connectivity index (χ3v) is 4.94. The van der Waals surface area contributed by atoms with E-state index in [0.29, 0.717) is 19.8 Å².